The summed E-state index contributed by atoms with van der Waals surface area (Å²) in [5.41, 5.74) is 1.81. The van der Waals surface area contributed by atoms with Gasteiger partial charge in [0, 0.05) is 36.6 Å². The zero-order valence-electron chi connectivity index (χ0n) is 15.1. The maximum Gasteiger partial charge on any atom is 0.261 e. The number of ether oxygens (including phenoxy) is 1. The van der Waals surface area contributed by atoms with Crippen LogP contribution < -0.4 is 10.2 Å². The maximum absolute atomic E-state index is 12.8. The zero-order chi connectivity index (χ0) is 19.7. The van der Waals surface area contributed by atoms with Crippen LogP contribution in [-0.2, 0) is 14.6 Å². The van der Waals surface area contributed by atoms with E-state index in [-0.39, 0.29) is 17.4 Å². The van der Waals surface area contributed by atoms with E-state index >= 15 is 0 Å². The summed E-state index contributed by atoms with van der Waals surface area (Å²) >= 11 is 1.35. The Balaban J connectivity index is 1.62. The number of carbonyl (C=O) groups excluding carboxylic acids is 1. The third-order valence-corrected chi connectivity index (χ3v) is 7.76. The fourth-order valence-electron chi connectivity index (χ4n) is 3.43. The Bertz CT molecular complexity index is 955. The van der Waals surface area contributed by atoms with E-state index in [1.54, 1.807) is 18.5 Å². The molecule has 1 amide bonds. The highest BCUT2D eigenvalue weighted by Gasteiger charge is 2.37. The summed E-state index contributed by atoms with van der Waals surface area (Å²) in [7, 11) is -3.33. The topological polar surface area (TPSA) is 109 Å². The molecule has 10 heteroatoms. The molecule has 2 aliphatic rings. The molecule has 2 aromatic heterocycles. The van der Waals surface area contributed by atoms with E-state index in [2.05, 4.69) is 15.2 Å². The second-order valence-corrected chi connectivity index (χ2v) is 10.1. The standard InChI is InChI=1S/C18H21N3O5S2/c22-15-11-28(24,25)10-14(15)20-17(23)16-8-13(12-2-1-3-19-9-12)18(27-16)21-4-6-26-7-5-21/h1-3,8-9,14-15,22H,4-7,10-11H2,(H,20,23)/t14-,15+/m0/s1. The van der Waals surface area contributed by atoms with Gasteiger partial charge >= 0.3 is 0 Å². The molecule has 2 N–H and O–H groups in total. The van der Waals surface area contributed by atoms with Crippen molar-refractivity contribution in [2.75, 3.05) is 42.7 Å². The number of nitrogens with zero attached hydrogens (tertiary/aromatic N) is 2. The third kappa shape index (κ3) is 4.04. The molecule has 4 rings (SSSR count). The van der Waals surface area contributed by atoms with Crippen molar-refractivity contribution in [2.45, 2.75) is 12.1 Å². The molecular weight excluding hydrogens is 402 g/mol. The van der Waals surface area contributed by atoms with Gasteiger partial charge < -0.3 is 20.1 Å². The first-order chi connectivity index (χ1) is 13.4. The summed E-state index contributed by atoms with van der Waals surface area (Å²) in [6.45, 7) is 2.71. The summed E-state index contributed by atoms with van der Waals surface area (Å²) in [5, 5.41) is 13.6. The lowest BCUT2D eigenvalue weighted by Gasteiger charge is -2.28. The van der Waals surface area contributed by atoms with Crippen LogP contribution in [-0.4, -0.2) is 74.4 Å². The minimum atomic E-state index is -3.33. The first-order valence-corrected chi connectivity index (χ1v) is 11.6. The fraction of sp³-hybridized carbons (Fsp3) is 0.444. The number of hydrogen-bond donors (Lipinski definition) is 2. The number of pyridine rings is 1. The van der Waals surface area contributed by atoms with Crippen LogP contribution >= 0.6 is 11.3 Å². The Labute approximate surface area is 167 Å². The van der Waals surface area contributed by atoms with Crippen LogP contribution in [0.2, 0.25) is 0 Å². The molecule has 2 fully saturated rings. The zero-order valence-corrected chi connectivity index (χ0v) is 16.7. The highest BCUT2D eigenvalue weighted by Crippen LogP contribution is 2.39. The van der Waals surface area contributed by atoms with Gasteiger partial charge in [0.25, 0.3) is 5.91 Å². The van der Waals surface area contributed by atoms with E-state index in [9.17, 15) is 18.3 Å². The van der Waals surface area contributed by atoms with Crippen molar-refractivity contribution < 1.29 is 23.1 Å². The molecule has 0 aromatic carbocycles. The lowest BCUT2D eigenvalue weighted by Crippen LogP contribution is -2.42. The Morgan fingerprint density at radius 2 is 2.11 bits per heavy atom. The highest BCUT2D eigenvalue weighted by molar-refractivity contribution is 7.91. The van der Waals surface area contributed by atoms with E-state index in [4.69, 9.17) is 4.74 Å². The van der Waals surface area contributed by atoms with Crippen molar-refractivity contribution in [1.29, 1.82) is 0 Å². The van der Waals surface area contributed by atoms with Gasteiger partial charge in [0.05, 0.1) is 46.7 Å². The molecule has 2 aliphatic heterocycles. The molecule has 4 heterocycles. The number of thiophene rings is 1. The maximum atomic E-state index is 12.8. The monoisotopic (exact) mass is 423 g/mol. The molecule has 2 atom stereocenters. The molecule has 150 valence electrons. The number of anilines is 1. The average molecular weight is 424 g/mol. The number of hydrogen-bond acceptors (Lipinski definition) is 8. The molecule has 0 aliphatic carbocycles. The molecule has 0 spiro atoms. The number of morpholine rings is 1. The van der Waals surface area contributed by atoms with E-state index < -0.39 is 22.0 Å². The molecule has 0 unspecified atom stereocenters. The van der Waals surface area contributed by atoms with Crippen LogP contribution in [0.3, 0.4) is 0 Å². The number of rotatable bonds is 4. The number of aliphatic hydroxyl groups excluding tert-OH is 1. The van der Waals surface area contributed by atoms with Gasteiger partial charge in [0.1, 0.15) is 0 Å². The van der Waals surface area contributed by atoms with Crippen molar-refractivity contribution in [3.8, 4) is 11.1 Å². The highest BCUT2D eigenvalue weighted by atomic mass is 32.2. The normalized spacial score (nSPS) is 24.2. The van der Waals surface area contributed by atoms with Gasteiger partial charge in [0.15, 0.2) is 9.84 Å². The number of aromatic nitrogens is 1. The Kier molecular flexibility index (Phi) is 5.37. The van der Waals surface area contributed by atoms with Crippen LogP contribution in [0.5, 0.6) is 0 Å². The predicted molar refractivity (Wildman–Crippen MR) is 106 cm³/mol. The van der Waals surface area contributed by atoms with E-state index in [1.165, 1.54) is 11.3 Å². The second kappa shape index (κ2) is 7.78. The lowest BCUT2D eigenvalue weighted by atomic mass is 10.1. The first kappa shape index (κ1) is 19.3. The van der Waals surface area contributed by atoms with Crippen LogP contribution in [0.25, 0.3) is 11.1 Å². The summed E-state index contributed by atoms with van der Waals surface area (Å²) < 4.78 is 28.8. The van der Waals surface area contributed by atoms with Crippen molar-refractivity contribution >= 4 is 32.1 Å². The quantitative estimate of drug-likeness (QED) is 0.739. The van der Waals surface area contributed by atoms with Crippen LogP contribution in [0.1, 0.15) is 9.67 Å². The summed E-state index contributed by atoms with van der Waals surface area (Å²) in [6.07, 6.45) is 2.37. The van der Waals surface area contributed by atoms with Gasteiger partial charge in [-0.1, -0.05) is 6.07 Å². The predicted octanol–water partition coefficient (Wildman–Crippen LogP) is 0.534. The summed E-state index contributed by atoms with van der Waals surface area (Å²) in [5.74, 6) is -0.935. The molecule has 0 radical (unpaired) electrons. The average Bonchev–Trinajstić information content (AvgIpc) is 3.24. The molecule has 28 heavy (non-hydrogen) atoms. The smallest absolute Gasteiger partial charge is 0.261 e. The Hall–Kier alpha value is -2.01. The molecule has 8 nitrogen and oxygen atoms in total. The molecule has 0 saturated carbocycles. The molecule has 2 saturated heterocycles. The minimum absolute atomic E-state index is 0.239. The van der Waals surface area contributed by atoms with E-state index in [0.29, 0.717) is 18.1 Å². The Morgan fingerprint density at radius 3 is 2.75 bits per heavy atom. The third-order valence-electron chi connectivity index (χ3n) is 4.85. The van der Waals surface area contributed by atoms with E-state index in [1.807, 2.05) is 12.1 Å². The summed E-state index contributed by atoms with van der Waals surface area (Å²) in [4.78, 5) is 19.6. The van der Waals surface area contributed by atoms with Gasteiger partial charge in [-0.2, -0.15) is 0 Å². The fourth-order valence-corrected chi connectivity index (χ4v) is 6.31. The van der Waals surface area contributed by atoms with Crippen LogP contribution in [0.15, 0.2) is 30.6 Å². The van der Waals surface area contributed by atoms with Gasteiger partial charge in [-0.25, -0.2) is 8.42 Å². The van der Waals surface area contributed by atoms with Gasteiger partial charge in [-0.3, -0.25) is 9.78 Å². The Morgan fingerprint density at radius 1 is 1.32 bits per heavy atom. The van der Waals surface area contributed by atoms with Crippen molar-refractivity contribution in [3.63, 3.8) is 0 Å². The molecule has 0 bridgehead atoms. The van der Waals surface area contributed by atoms with E-state index in [0.717, 1.165) is 29.2 Å². The largest absolute Gasteiger partial charge is 0.390 e. The van der Waals surface area contributed by atoms with Crippen molar-refractivity contribution in [1.82, 2.24) is 10.3 Å². The number of amides is 1. The summed E-state index contributed by atoms with van der Waals surface area (Å²) in [6, 6.07) is 4.80. The number of nitrogens with one attached hydrogen (secondary N) is 1. The van der Waals surface area contributed by atoms with Crippen molar-refractivity contribution in [2.24, 2.45) is 0 Å². The van der Waals surface area contributed by atoms with Crippen LogP contribution in [0.4, 0.5) is 5.00 Å². The number of sulfone groups is 1. The minimum Gasteiger partial charge on any atom is -0.390 e. The van der Waals surface area contributed by atoms with Gasteiger partial charge in [-0.05, 0) is 12.1 Å². The molecular formula is C18H21N3O5S2. The van der Waals surface area contributed by atoms with Gasteiger partial charge in [0.2, 0.25) is 0 Å². The SMILES string of the molecule is O=C(N[C@H]1CS(=O)(=O)C[C@H]1O)c1cc(-c2cccnc2)c(N2CCOCC2)s1. The second-order valence-electron chi connectivity index (χ2n) is 6.89. The lowest BCUT2D eigenvalue weighted by molar-refractivity contribution is 0.0893. The van der Waals surface area contributed by atoms with Gasteiger partial charge in [-0.15, -0.1) is 11.3 Å². The molecule has 2 aromatic rings. The number of carbonyl (C=O) groups is 1. The number of aliphatic hydroxyl groups is 1. The van der Waals surface area contributed by atoms with Crippen LogP contribution in [0, 0.1) is 0 Å². The first-order valence-electron chi connectivity index (χ1n) is 8.99. The van der Waals surface area contributed by atoms with Crippen molar-refractivity contribution in [3.05, 3.63) is 35.5 Å².